The summed E-state index contributed by atoms with van der Waals surface area (Å²) in [4.78, 5) is 0. The van der Waals surface area contributed by atoms with E-state index < -0.39 is 11.7 Å². The summed E-state index contributed by atoms with van der Waals surface area (Å²) in [6.07, 6.45) is 4.56. The van der Waals surface area contributed by atoms with Crippen molar-refractivity contribution in [3.05, 3.63) is 35.4 Å². The third-order valence-corrected chi connectivity index (χ3v) is 5.06. The molecule has 0 aromatic heterocycles. The normalized spacial score (nSPS) is 22.0. The molecule has 2 nitrogen and oxygen atoms in total. The van der Waals surface area contributed by atoms with E-state index in [1.165, 1.54) is 5.56 Å². The average Bonchev–Trinajstić information content (AvgIpc) is 2.49. The van der Waals surface area contributed by atoms with Gasteiger partial charge in [-0.15, -0.1) is 0 Å². The zero-order valence-electron chi connectivity index (χ0n) is 14.0. The van der Waals surface area contributed by atoms with Crippen LogP contribution in [0.4, 0.5) is 0 Å². The third-order valence-electron chi connectivity index (χ3n) is 5.06. The lowest BCUT2D eigenvalue weighted by atomic mass is 9.68. The number of hydrogen-bond acceptors (Lipinski definition) is 2. The second-order valence-electron chi connectivity index (χ2n) is 7.16. The molecule has 21 heavy (non-hydrogen) atoms. The Labute approximate surface area is 129 Å². The van der Waals surface area contributed by atoms with E-state index >= 15 is 0 Å². The first-order chi connectivity index (χ1) is 9.92. The van der Waals surface area contributed by atoms with Gasteiger partial charge in [0, 0.05) is 6.61 Å². The first-order valence-electron chi connectivity index (χ1n) is 8.33. The SMILES string of the molecule is CCOC1(C(O)c2cccc(CC)c2)CCC(C)(C)CC1. The zero-order chi connectivity index (χ0) is 15.5. The van der Waals surface area contributed by atoms with E-state index in [4.69, 9.17) is 4.74 Å². The summed E-state index contributed by atoms with van der Waals surface area (Å²) < 4.78 is 6.10. The van der Waals surface area contributed by atoms with E-state index in [-0.39, 0.29) is 0 Å². The summed E-state index contributed by atoms with van der Waals surface area (Å²) in [5.74, 6) is 0. The fourth-order valence-corrected chi connectivity index (χ4v) is 3.42. The maximum atomic E-state index is 11.0. The van der Waals surface area contributed by atoms with Crippen LogP contribution in [0.25, 0.3) is 0 Å². The second kappa shape index (κ2) is 6.50. The lowest BCUT2D eigenvalue weighted by Gasteiger charge is -2.46. The number of aliphatic hydroxyl groups excluding tert-OH is 1. The fraction of sp³-hybridized carbons (Fsp3) is 0.684. The molecule has 1 atom stereocenters. The van der Waals surface area contributed by atoms with Crippen molar-refractivity contribution in [3.8, 4) is 0 Å². The Morgan fingerprint density at radius 2 is 1.81 bits per heavy atom. The largest absolute Gasteiger partial charge is 0.385 e. The maximum Gasteiger partial charge on any atom is 0.108 e. The minimum atomic E-state index is -0.528. The molecule has 0 radical (unpaired) electrons. The molecule has 0 amide bonds. The quantitative estimate of drug-likeness (QED) is 0.854. The van der Waals surface area contributed by atoms with Gasteiger partial charge in [-0.2, -0.15) is 0 Å². The zero-order valence-corrected chi connectivity index (χ0v) is 14.0. The van der Waals surface area contributed by atoms with Crippen LogP contribution in [0, 0.1) is 5.41 Å². The van der Waals surface area contributed by atoms with E-state index in [1.807, 2.05) is 19.1 Å². The molecule has 1 aliphatic rings. The Morgan fingerprint density at radius 3 is 2.38 bits per heavy atom. The Balaban J connectivity index is 2.25. The topological polar surface area (TPSA) is 29.5 Å². The highest BCUT2D eigenvalue weighted by molar-refractivity contribution is 5.27. The number of benzene rings is 1. The third kappa shape index (κ3) is 3.67. The number of aryl methyl sites for hydroxylation is 1. The van der Waals surface area contributed by atoms with Crippen LogP contribution in [0.2, 0.25) is 0 Å². The smallest absolute Gasteiger partial charge is 0.108 e. The minimum absolute atomic E-state index is 0.367. The molecule has 118 valence electrons. The molecule has 0 aliphatic heterocycles. The molecule has 1 aliphatic carbocycles. The van der Waals surface area contributed by atoms with Gasteiger partial charge in [0.05, 0.1) is 5.60 Å². The Kier molecular flexibility index (Phi) is 5.11. The lowest BCUT2D eigenvalue weighted by Crippen LogP contribution is -2.44. The number of hydrogen-bond donors (Lipinski definition) is 1. The molecule has 1 N–H and O–H groups in total. The number of aliphatic hydroxyl groups is 1. The molecule has 1 unspecified atom stereocenters. The summed E-state index contributed by atoms with van der Waals surface area (Å²) in [7, 11) is 0. The monoisotopic (exact) mass is 290 g/mol. The van der Waals surface area contributed by atoms with Gasteiger partial charge in [-0.3, -0.25) is 0 Å². The van der Waals surface area contributed by atoms with Crippen LogP contribution in [-0.2, 0) is 11.2 Å². The van der Waals surface area contributed by atoms with Crippen molar-refractivity contribution in [1.29, 1.82) is 0 Å². The maximum absolute atomic E-state index is 11.0. The summed E-state index contributed by atoms with van der Waals surface area (Å²) in [5.41, 5.74) is 2.24. The van der Waals surface area contributed by atoms with Gasteiger partial charge in [-0.1, -0.05) is 45.0 Å². The van der Waals surface area contributed by atoms with Crippen molar-refractivity contribution in [3.63, 3.8) is 0 Å². The van der Waals surface area contributed by atoms with E-state index in [2.05, 4.69) is 32.9 Å². The van der Waals surface area contributed by atoms with Crippen LogP contribution < -0.4 is 0 Å². The second-order valence-corrected chi connectivity index (χ2v) is 7.16. The standard InChI is InChI=1S/C19H30O2/c1-5-15-8-7-9-16(14-15)17(20)19(21-6-2)12-10-18(3,4)11-13-19/h7-9,14,17,20H,5-6,10-13H2,1-4H3. The Hall–Kier alpha value is -0.860. The highest BCUT2D eigenvalue weighted by Gasteiger charge is 2.44. The Bertz CT molecular complexity index is 454. The van der Waals surface area contributed by atoms with Crippen LogP contribution in [0.1, 0.15) is 70.6 Å². The lowest BCUT2D eigenvalue weighted by molar-refractivity contribution is -0.153. The van der Waals surface area contributed by atoms with E-state index in [0.29, 0.717) is 12.0 Å². The van der Waals surface area contributed by atoms with Gasteiger partial charge in [0.1, 0.15) is 6.10 Å². The number of ether oxygens (including phenoxy) is 1. The van der Waals surface area contributed by atoms with E-state index in [9.17, 15) is 5.11 Å². The van der Waals surface area contributed by atoms with Gasteiger partial charge in [0.2, 0.25) is 0 Å². The first-order valence-corrected chi connectivity index (χ1v) is 8.33. The summed E-state index contributed by atoms with van der Waals surface area (Å²) in [5, 5.41) is 11.0. The molecular formula is C19H30O2. The fourth-order valence-electron chi connectivity index (χ4n) is 3.42. The van der Waals surface area contributed by atoms with Gasteiger partial charge in [-0.05, 0) is 55.6 Å². The van der Waals surface area contributed by atoms with Crippen LogP contribution in [0.15, 0.2) is 24.3 Å². The van der Waals surface area contributed by atoms with Crippen LogP contribution in [0.3, 0.4) is 0 Å². The van der Waals surface area contributed by atoms with Gasteiger partial charge < -0.3 is 9.84 Å². The molecule has 0 bridgehead atoms. The van der Waals surface area contributed by atoms with Crippen LogP contribution in [0.5, 0.6) is 0 Å². The molecule has 1 aromatic carbocycles. The molecule has 0 spiro atoms. The predicted molar refractivity (Wildman–Crippen MR) is 87.4 cm³/mol. The first kappa shape index (κ1) is 16.5. The Morgan fingerprint density at radius 1 is 1.14 bits per heavy atom. The van der Waals surface area contributed by atoms with Crippen molar-refractivity contribution in [2.75, 3.05) is 6.61 Å². The molecule has 2 heteroatoms. The van der Waals surface area contributed by atoms with E-state index in [0.717, 1.165) is 37.7 Å². The van der Waals surface area contributed by atoms with Crippen molar-refractivity contribution in [2.24, 2.45) is 5.41 Å². The molecule has 2 rings (SSSR count). The highest BCUT2D eigenvalue weighted by atomic mass is 16.5. The van der Waals surface area contributed by atoms with Crippen LogP contribution in [-0.4, -0.2) is 17.3 Å². The molecule has 1 aromatic rings. The summed E-state index contributed by atoms with van der Waals surface area (Å²) >= 11 is 0. The van der Waals surface area contributed by atoms with Crippen molar-refractivity contribution < 1.29 is 9.84 Å². The average molecular weight is 290 g/mol. The molecule has 1 saturated carbocycles. The van der Waals surface area contributed by atoms with Crippen molar-refractivity contribution in [1.82, 2.24) is 0 Å². The molecular weight excluding hydrogens is 260 g/mol. The van der Waals surface area contributed by atoms with E-state index in [1.54, 1.807) is 0 Å². The van der Waals surface area contributed by atoms with Gasteiger partial charge >= 0.3 is 0 Å². The van der Waals surface area contributed by atoms with Gasteiger partial charge in [0.15, 0.2) is 0 Å². The number of rotatable bonds is 5. The summed E-state index contributed by atoms with van der Waals surface area (Å²) in [6, 6.07) is 8.33. The molecule has 0 heterocycles. The van der Waals surface area contributed by atoms with Gasteiger partial charge in [0.25, 0.3) is 0 Å². The highest BCUT2D eigenvalue weighted by Crippen LogP contribution is 2.47. The predicted octanol–water partition coefficient (Wildman–Crippen LogP) is 4.66. The van der Waals surface area contributed by atoms with Crippen molar-refractivity contribution in [2.45, 2.75) is 71.5 Å². The summed E-state index contributed by atoms with van der Waals surface area (Å²) in [6.45, 7) is 9.45. The molecule has 0 saturated heterocycles. The van der Waals surface area contributed by atoms with Crippen LogP contribution >= 0.6 is 0 Å². The molecule has 1 fully saturated rings. The van der Waals surface area contributed by atoms with Crippen molar-refractivity contribution >= 4 is 0 Å². The minimum Gasteiger partial charge on any atom is -0.385 e. The van der Waals surface area contributed by atoms with Gasteiger partial charge in [-0.25, -0.2) is 0 Å².